The normalized spacial score (nSPS) is 12.2. The molecule has 2 aromatic rings. The van der Waals surface area contributed by atoms with Crippen LogP contribution in [0.1, 0.15) is 6.42 Å². The Balaban J connectivity index is 2.38. The van der Waals surface area contributed by atoms with Crippen LogP contribution in [0.2, 0.25) is 0 Å². The van der Waals surface area contributed by atoms with Crippen molar-refractivity contribution >= 4 is 39.9 Å². The van der Waals surface area contributed by atoms with Crippen molar-refractivity contribution in [1.29, 1.82) is 0 Å². The van der Waals surface area contributed by atoms with E-state index >= 15 is 0 Å². The van der Waals surface area contributed by atoms with Crippen LogP contribution in [-0.2, 0) is 9.59 Å². The van der Waals surface area contributed by atoms with E-state index < -0.39 is 35.1 Å². The van der Waals surface area contributed by atoms with Crippen molar-refractivity contribution in [3.63, 3.8) is 0 Å². The van der Waals surface area contributed by atoms with Crippen molar-refractivity contribution in [1.82, 2.24) is 9.38 Å². The number of carboxylic acids is 2. The van der Waals surface area contributed by atoms with Gasteiger partial charge in [0.25, 0.3) is 4.96 Å². The Morgan fingerprint density at radius 1 is 1.55 bits per heavy atom. The number of nitrogens with zero attached hydrogens (tertiary/aromatic N) is 3. The van der Waals surface area contributed by atoms with Crippen molar-refractivity contribution in [2.45, 2.75) is 12.5 Å². The van der Waals surface area contributed by atoms with E-state index in [0.29, 0.717) is 4.96 Å². The maximum absolute atomic E-state index is 11.0. The summed E-state index contributed by atoms with van der Waals surface area (Å²) < 4.78 is 1.19. The zero-order valence-corrected chi connectivity index (χ0v) is 10.5. The number of carbonyl (C=O) groups is 2. The second-order valence-electron chi connectivity index (χ2n) is 3.73. The largest absolute Gasteiger partial charge is 0.481 e. The average Bonchev–Trinajstić information content (AvgIpc) is 2.86. The first-order valence-electron chi connectivity index (χ1n) is 5.21. The first-order valence-corrected chi connectivity index (χ1v) is 6.09. The minimum Gasteiger partial charge on any atom is -0.481 e. The van der Waals surface area contributed by atoms with Gasteiger partial charge in [0, 0.05) is 5.38 Å². The Hall–Kier alpha value is -2.69. The van der Waals surface area contributed by atoms with E-state index in [1.165, 1.54) is 10.6 Å². The van der Waals surface area contributed by atoms with E-state index in [0.717, 1.165) is 11.3 Å². The van der Waals surface area contributed by atoms with Crippen LogP contribution in [0.3, 0.4) is 0 Å². The van der Waals surface area contributed by atoms with Crippen LogP contribution in [0.15, 0.2) is 11.6 Å². The molecule has 0 spiro atoms. The number of aromatic nitrogens is 2. The molecule has 0 aromatic carbocycles. The summed E-state index contributed by atoms with van der Waals surface area (Å²) in [4.78, 5) is 36.0. The summed E-state index contributed by atoms with van der Waals surface area (Å²) in [6, 6.07) is -1.50. The maximum atomic E-state index is 11.0. The number of nitrogens with one attached hydrogen (secondary N) is 1. The van der Waals surface area contributed by atoms with Crippen molar-refractivity contribution in [3.05, 3.63) is 21.7 Å². The van der Waals surface area contributed by atoms with Gasteiger partial charge in [-0.25, -0.2) is 4.79 Å². The number of carboxylic acid groups (broad SMARTS) is 2. The molecule has 0 amide bonds. The molecule has 2 aromatic heterocycles. The van der Waals surface area contributed by atoms with Gasteiger partial charge in [-0.05, 0) is 4.92 Å². The molecule has 0 aliphatic carbocycles. The molecule has 0 aliphatic heterocycles. The lowest BCUT2D eigenvalue weighted by atomic mass is 10.2. The van der Waals surface area contributed by atoms with E-state index in [-0.39, 0.29) is 5.82 Å². The molecule has 10 nitrogen and oxygen atoms in total. The van der Waals surface area contributed by atoms with Crippen LogP contribution in [0.4, 0.5) is 11.6 Å². The van der Waals surface area contributed by atoms with Gasteiger partial charge >= 0.3 is 17.8 Å². The molecule has 0 bridgehead atoms. The van der Waals surface area contributed by atoms with E-state index in [9.17, 15) is 19.7 Å². The number of thiazole rings is 1. The molecule has 0 fully saturated rings. The lowest BCUT2D eigenvalue weighted by Gasteiger charge is -2.10. The zero-order chi connectivity index (χ0) is 14.9. The third-order valence-electron chi connectivity index (χ3n) is 2.40. The predicted molar refractivity (Wildman–Crippen MR) is 67.0 cm³/mol. The molecule has 20 heavy (non-hydrogen) atoms. The molecule has 3 N–H and O–H groups in total. The lowest BCUT2D eigenvalue weighted by molar-refractivity contribution is -0.389. The molecule has 1 unspecified atom stereocenters. The fourth-order valence-electron chi connectivity index (χ4n) is 1.58. The number of hydrogen-bond acceptors (Lipinski definition) is 7. The highest BCUT2D eigenvalue weighted by Crippen LogP contribution is 2.28. The van der Waals surface area contributed by atoms with Crippen molar-refractivity contribution < 1.29 is 24.7 Å². The Bertz CT molecular complexity index is 692. The van der Waals surface area contributed by atoms with Gasteiger partial charge in [-0.3, -0.25) is 4.79 Å². The summed E-state index contributed by atoms with van der Waals surface area (Å²) in [5, 5.41) is 32.4. The summed E-state index contributed by atoms with van der Waals surface area (Å²) in [7, 11) is 0. The number of nitro groups is 1. The predicted octanol–water partition coefficient (Wildman–Crippen LogP) is 0.644. The Morgan fingerprint density at radius 3 is 2.80 bits per heavy atom. The third kappa shape index (κ3) is 2.51. The maximum Gasteiger partial charge on any atom is 0.372 e. The quantitative estimate of drug-likeness (QED) is 0.520. The monoisotopic (exact) mass is 300 g/mol. The van der Waals surface area contributed by atoms with E-state index in [4.69, 9.17) is 10.2 Å². The number of aliphatic carboxylic acids is 2. The SMILES string of the molecule is O=C(O)CC(Nc1nc2sccn2c1[N+](=O)[O-])C(=O)O. The average molecular weight is 300 g/mol. The molecule has 11 heteroatoms. The molecular formula is C9H8N4O6S. The van der Waals surface area contributed by atoms with Crippen LogP contribution in [0.25, 0.3) is 4.96 Å². The van der Waals surface area contributed by atoms with Gasteiger partial charge in [-0.2, -0.15) is 9.38 Å². The van der Waals surface area contributed by atoms with Gasteiger partial charge in [0.1, 0.15) is 12.2 Å². The van der Waals surface area contributed by atoms with Crippen molar-refractivity contribution in [3.8, 4) is 0 Å². The van der Waals surface area contributed by atoms with Gasteiger partial charge in [0.15, 0.2) is 0 Å². The topological polar surface area (TPSA) is 147 Å². The summed E-state index contributed by atoms with van der Waals surface area (Å²) in [6.45, 7) is 0. The summed E-state index contributed by atoms with van der Waals surface area (Å²) in [6.07, 6.45) is 0.695. The molecular weight excluding hydrogens is 292 g/mol. The first kappa shape index (κ1) is 13.7. The number of imidazole rings is 1. The van der Waals surface area contributed by atoms with Crippen LogP contribution in [0.5, 0.6) is 0 Å². The van der Waals surface area contributed by atoms with Crippen LogP contribution < -0.4 is 5.32 Å². The minimum atomic E-state index is -1.50. The van der Waals surface area contributed by atoms with Crippen LogP contribution >= 0.6 is 11.3 Å². The number of anilines is 1. The third-order valence-corrected chi connectivity index (χ3v) is 3.15. The van der Waals surface area contributed by atoms with E-state index in [1.807, 2.05) is 0 Å². The molecule has 0 aliphatic rings. The highest BCUT2D eigenvalue weighted by Gasteiger charge is 2.29. The molecule has 0 saturated heterocycles. The van der Waals surface area contributed by atoms with Crippen molar-refractivity contribution in [2.24, 2.45) is 0 Å². The Labute approximate surface area is 114 Å². The lowest BCUT2D eigenvalue weighted by Crippen LogP contribution is -2.32. The van der Waals surface area contributed by atoms with Crippen LogP contribution in [0, 0.1) is 10.1 Å². The van der Waals surface area contributed by atoms with Crippen LogP contribution in [-0.4, -0.2) is 42.5 Å². The van der Waals surface area contributed by atoms with Gasteiger partial charge < -0.3 is 25.6 Å². The highest BCUT2D eigenvalue weighted by molar-refractivity contribution is 7.15. The minimum absolute atomic E-state index is 0.268. The van der Waals surface area contributed by atoms with Gasteiger partial charge in [-0.15, -0.1) is 0 Å². The zero-order valence-electron chi connectivity index (χ0n) is 9.72. The smallest absolute Gasteiger partial charge is 0.372 e. The molecule has 106 valence electrons. The molecule has 0 radical (unpaired) electrons. The fraction of sp³-hybridized carbons (Fsp3) is 0.222. The molecule has 1 atom stereocenters. The summed E-state index contributed by atoms with van der Waals surface area (Å²) >= 11 is 1.13. The Morgan fingerprint density at radius 2 is 2.25 bits per heavy atom. The first-order chi connectivity index (χ1) is 9.40. The Kier molecular flexibility index (Phi) is 3.52. The van der Waals surface area contributed by atoms with Gasteiger partial charge in [0.2, 0.25) is 5.82 Å². The number of rotatable bonds is 6. The van der Waals surface area contributed by atoms with E-state index in [1.54, 1.807) is 5.38 Å². The molecule has 0 saturated carbocycles. The molecule has 2 heterocycles. The van der Waals surface area contributed by atoms with E-state index in [2.05, 4.69) is 10.3 Å². The summed E-state index contributed by atoms with van der Waals surface area (Å²) in [5.74, 6) is -3.47. The molecule has 2 rings (SSSR count). The fourth-order valence-corrected chi connectivity index (χ4v) is 2.29. The van der Waals surface area contributed by atoms with Crippen molar-refractivity contribution in [2.75, 3.05) is 5.32 Å². The van der Waals surface area contributed by atoms with Gasteiger partial charge in [0.05, 0.1) is 6.42 Å². The van der Waals surface area contributed by atoms with Gasteiger partial charge in [-0.1, -0.05) is 11.3 Å². The second kappa shape index (κ2) is 5.13. The number of fused-ring (bicyclic) bond motifs is 1. The highest BCUT2D eigenvalue weighted by atomic mass is 32.1. The summed E-state index contributed by atoms with van der Waals surface area (Å²) in [5.41, 5.74) is 0. The standard InChI is InChI=1S/C9H8N4O6S/c14-5(15)3-4(8(16)17)10-6-7(13(18)19)12-1-2-20-9(12)11-6/h1-2,4,10H,3H2,(H,14,15)(H,16,17). The second-order valence-corrected chi connectivity index (χ2v) is 4.60. The number of hydrogen-bond donors (Lipinski definition) is 3.